The van der Waals surface area contributed by atoms with Gasteiger partial charge in [-0.2, -0.15) is 0 Å². The Kier molecular flexibility index (Phi) is 5.19. The normalized spacial score (nSPS) is 15.9. The summed E-state index contributed by atoms with van der Waals surface area (Å²) in [6, 6.07) is 0. The van der Waals surface area contributed by atoms with E-state index in [0.717, 1.165) is 11.8 Å². The quantitative estimate of drug-likeness (QED) is 0.552. The number of alkyl halides is 1. The Bertz CT molecular complexity index is 146. The van der Waals surface area contributed by atoms with Gasteiger partial charge in [0, 0.05) is 5.33 Å². The Balaban J connectivity index is 4.27. The second-order valence-corrected chi connectivity index (χ2v) is 10.8. The largest absolute Gasteiger partial charge is 0.414 e. The smallest absolute Gasteiger partial charge is 0.184 e. The van der Waals surface area contributed by atoms with Crippen molar-refractivity contribution in [3.63, 3.8) is 0 Å². The minimum Gasteiger partial charge on any atom is -0.414 e. The molecule has 80 valence electrons. The van der Waals surface area contributed by atoms with Crippen LogP contribution in [0.5, 0.6) is 0 Å². The van der Waals surface area contributed by atoms with Gasteiger partial charge in [0.25, 0.3) is 0 Å². The molecule has 0 rings (SSSR count). The molecule has 0 aromatic carbocycles. The minimum atomic E-state index is -1.39. The van der Waals surface area contributed by atoms with E-state index in [1.54, 1.807) is 0 Å². The molecule has 0 bridgehead atoms. The zero-order valence-corrected chi connectivity index (χ0v) is 12.4. The molecule has 3 heteroatoms. The van der Waals surface area contributed by atoms with Crippen LogP contribution in [0.3, 0.4) is 0 Å². The van der Waals surface area contributed by atoms with Crippen LogP contribution in [-0.4, -0.2) is 19.8 Å². The van der Waals surface area contributed by atoms with Gasteiger partial charge in [-0.15, -0.1) is 0 Å². The molecule has 0 saturated heterocycles. The van der Waals surface area contributed by atoms with Crippen molar-refractivity contribution in [2.75, 3.05) is 5.33 Å². The molecule has 0 spiro atoms. The van der Waals surface area contributed by atoms with E-state index in [4.69, 9.17) is 4.43 Å². The predicted octanol–water partition coefficient (Wildman–Crippen LogP) is 4.04. The number of hydrogen-bond acceptors (Lipinski definition) is 1. The lowest BCUT2D eigenvalue weighted by Crippen LogP contribution is -2.39. The molecule has 0 aliphatic heterocycles. The third kappa shape index (κ3) is 6.69. The summed E-state index contributed by atoms with van der Waals surface area (Å²) >= 11 is 3.49. The molecule has 0 N–H and O–H groups in total. The highest BCUT2D eigenvalue weighted by Gasteiger charge is 2.29. The second-order valence-electron chi connectivity index (χ2n) is 5.56. The summed E-state index contributed by atoms with van der Waals surface area (Å²) in [7, 11) is -1.39. The molecule has 0 aromatic heterocycles. The molecule has 1 nitrogen and oxygen atoms in total. The SMILES string of the molecule is CC(C)(C)[C@H](CCBr)O[Si](C)(C)C. The van der Waals surface area contributed by atoms with Crippen LogP contribution < -0.4 is 0 Å². The lowest BCUT2D eigenvalue weighted by Gasteiger charge is -2.35. The number of halogens is 1. The summed E-state index contributed by atoms with van der Waals surface area (Å²) in [5, 5.41) is 1.03. The molecular formula is C10H23BrOSi. The Morgan fingerprint density at radius 3 is 1.92 bits per heavy atom. The Hall–Kier alpha value is 0.657. The first-order valence-corrected chi connectivity index (χ1v) is 9.43. The van der Waals surface area contributed by atoms with Crippen molar-refractivity contribution in [2.45, 2.75) is 52.9 Å². The third-order valence-corrected chi connectivity index (χ3v) is 3.28. The van der Waals surface area contributed by atoms with Gasteiger partial charge in [0.1, 0.15) is 0 Å². The van der Waals surface area contributed by atoms with E-state index in [2.05, 4.69) is 56.3 Å². The molecule has 0 aromatic rings. The van der Waals surface area contributed by atoms with E-state index in [1.165, 1.54) is 0 Å². The molecule has 13 heavy (non-hydrogen) atoms. The molecule has 0 heterocycles. The van der Waals surface area contributed by atoms with Crippen molar-refractivity contribution in [1.82, 2.24) is 0 Å². The summed E-state index contributed by atoms with van der Waals surface area (Å²) in [5.41, 5.74) is 0.258. The van der Waals surface area contributed by atoms with Crippen LogP contribution in [0, 0.1) is 5.41 Å². The molecule has 0 unspecified atom stereocenters. The highest BCUT2D eigenvalue weighted by Crippen LogP contribution is 2.28. The second kappa shape index (κ2) is 4.94. The summed E-state index contributed by atoms with van der Waals surface area (Å²) in [4.78, 5) is 0. The number of hydrogen-bond donors (Lipinski definition) is 0. The van der Waals surface area contributed by atoms with Crippen molar-refractivity contribution in [2.24, 2.45) is 5.41 Å². The average Bonchev–Trinajstić information content (AvgIpc) is 1.81. The fourth-order valence-electron chi connectivity index (χ4n) is 1.19. The van der Waals surface area contributed by atoms with Crippen LogP contribution in [0.1, 0.15) is 27.2 Å². The number of rotatable bonds is 4. The topological polar surface area (TPSA) is 9.23 Å². The van der Waals surface area contributed by atoms with Gasteiger partial charge in [0.15, 0.2) is 8.32 Å². The standard InChI is InChI=1S/C10H23BrOSi/c1-10(2,3)9(7-8-11)12-13(4,5)6/h9H,7-8H2,1-6H3/t9-/m0/s1. The molecule has 0 fully saturated rings. The molecule has 0 saturated carbocycles. The van der Waals surface area contributed by atoms with Crippen molar-refractivity contribution in [1.29, 1.82) is 0 Å². The molecule has 0 aliphatic carbocycles. The Morgan fingerprint density at radius 1 is 1.23 bits per heavy atom. The predicted molar refractivity (Wildman–Crippen MR) is 66.1 cm³/mol. The molecule has 1 atom stereocenters. The maximum atomic E-state index is 6.15. The van der Waals surface area contributed by atoms with Gasteiger partial charge in [-0.05, 0) is 31.5 Å². The monoisotopic (exact) mass is 266 g/mol. The molecule has 0 amide bonds. The minimum absolute atomic E-state index is 0.258. The third-order valence-electron chi connectivity index (χ3n) is 1.83. The van der Waals surface area contributed by atoms with Gasteiger partial charge >= 0.3 is 0 Å². The van der Waals surface area contributed by atoms with E-state index in [-0.39, 0.29) is 5.41 Å². The lowest BCUT2D eigenvalue weighted by atomic mass is 9.88. The maximum absolute atomic E-state index is 6.15. The zero-order chi connectivity index (χ0) is 10.7. The van der Waals surface area contributed by atoms with Gasteiger partial charge in [0.05, 0.1) is 6.10 Å². The van der Waals surface area contributed by atoms with E-state index >= 15 is 0 Å². The van der Waals surface area contributed by atoms with Crippen molar-refractivity contribution >= 4 is 24.2 Å². The summed E-state index contributed by atoms with van der Waals surface area (Å²) < 4.78 is 6.15. The fraction of sp³-hybridized carbons (Fsp3) is 1.00. The van der Waals surface area contributed by atoms with E-state index in [1.807, 2.05) is 0 Å². The summed E-state index contributed by atoms with van der Waals surface area (Å²) in [6.07, 6.45) is 1.49. The fourth-order valence-corrected chi connectivity index (χ4v) is 2.94. The molecule has 0 radical (unpaired) electrons. The summed E-state index contributed by atoms with van der Waals surface area (Å²) in [5.74, 6) is 0. The molecular weight excluding hydrogens is 244 g/mol. The van der Waals surface area contributed by atoms with Crippen molar-refractivity contribution in [3.8, 4) is 0 Å². The van der Waals surface area contributed by atoms with Crippen LogP contribution >= 0.6 is 15.9 Å². The Labute approximate surface area is 92.5 Å². The van der Waals surface area contributed by atoms with Gasteiger partial charge in [-0.1, -0.05) is 36.7 Å². The summed E-state index contributed by atoms with van der Waals surface area (Å²) in [6.45, 7) is 13.5. The van der Waals surface area contributed by atoms with Crippen molar-refractivity contribution < 1.29 is 4.43 Å². The van der Waals surface area contributed by atoms with Gasteiger partial charge in [-0.25, -0.2) is 0 Å². The first-order chi connectivity index (χ1) is 5.67. The highest BCUT2D eigenvalue weighted by molar-refractivity contribution is 9.09. The highest BCUT2D eigenvalue weighted by atomic mass is 79.9. The van der Waals surface area contributed by atoms with Crippen LogP contribution in [0.15, 0.2) is 0 Å². The van der Waals surface area contributed by atoms with E-state index in [0.29, 0.717) is 6.10 Å². The molecule has 0 aliphatic rings. The van der Waals surface area contributed by atoms with Crippen LogP contribution in [-0.2, 0) is 4.43 Å². The van der Waals surface area contributed by atoms with Gasteiger partial charge in [-0.3, -0.25) is 0 Å². The van der Waals surface area contributed by atoms with Crippen LogP contribution in [0.4, 0.5) is 0 Å². The van der Waals surface area contributed by atoms with E-state index < -0.39 is 8.32 Å². The maximum Gasteiger partial charge on any atom is 0.184 e. The first kappa shape index (κ1) is 13.7. The zero-order valence-electron chi connectivity index (χ0n) is 9.78. The van der Waals surface area contributed by atoms with E-state index in [9.17, 15) is 0 Å². The van der Waals surface area contributed by atoms with Crippen LogP contribution in [0.2, 0.25) is 19.6 Å². The van der Waals surface area contributed by atoms with Crippen molar-refractivity contribution in [3.05, 3.63) is 0 Å². The van der Waals surface area contributed by atoms with Crippen LogP contribution in [0.25, 0.3) is 0 Å². The van der Waals surface area contributed by atoms with Gasteiger partial charge in [0.2, 0.25) is 0 Å². The average molecular weight is 267 g/mol. The Morgan fingerprint density at radius 2 is 1.69 bits per heavy atom. The first-order valence-electron chi connectivity index (χ1n) is 4.90. The van der Waals surface area contributed by atoms with Gasteiger partial charge < -0.3 is 4.43 Å². The lowest BCUT2D eigenvalue weighted by molar-refractivity contribution is 0.0778.